The zero-order valence-corrected chi connectivity index (χ0v) is 9.09. The molecule has 16 heavy (non-hydrogen) atoms. The first-order valence-corrected chi connectivity index (χ1v) is 5.24. The molecule has 0 radical (unpaired) electrons. The Bertz CT molecular complexity index is 334. The molecule has 0 aliphatic rings. The fraction of sp³-hybridized carbons (Fsp3) is 0.667. The minimum absolute atomic E-state index is 0.140. The lowest BCUT2D eigenvalue weighted by Crippen LogP contribution is -2.10. The number of Topliss-reactive ketones (excluding diaryl/α,β-unsaturated/α-hetero) is 1. The molecule has 7 heteroatoms. The van der Waals surface area contributed by atoms with E-state index in [9.17, 15) is 4.79 Å². The van der Waals surface area contributed by atoms with Crippen molar-refractivity contribution in [3.63, 3.8) is 0 Å². The number of aromatic nitrogens is 4. The number of ketones is 1. The molecule has 0 atom stereocenters. The monoisotopic (exact) mass is 224 g/mol. The Morgan fingerprint density at radius 3 is 2.69 bits per heavy atom. The molecule has 1 aromatic rings. The van der Waals surface area contributed by atoms with E-state index in [2.05, 4.69) is 15.5 Å². The van der Waals surface area contributed by atoms with E-state index < -0.39 is 0 Å². The van der Waals surface area contributed by atoms with Crippen LogP contribution in [-0.4, -0.2) is 31.8 Å². The smallest absolute Gasteiger partial charge is 0.138 e. The summed E-state index contributed by atoms with van der Waals surface area (Å²) in [7, 11) is 0. The molecule has 0 saturated carbocycles. The lowest BCUT2D eigenvalue weighted by molar-refractivity contribution is -0.119. The molecule has 0 aromatic carbocycles. The van der Waals surface area contributed by atoms with Crippen molar-refractivity contribution in [1.82, 2.24) is 20.2 Å². The zero-order valence-electron chi connectivity index (χ0n) is 9.09. The molecule has 3 N–H and O–H groups in total. The largest absolute Gasteiger partial charge is 0.388 e. The number of amidine groups is 1. The van der Waals surface area contributed by atoms with Crippen LogP contribution in [0.1, 0.15) is 32.1 Å². The number of rotatable bonds is 8. The summed E-state index contributed by atoms with van der Waals surface area (Å²) in [4.78, 5) is 11.4. The normalized spacial score (nSPS) is 10.2. The van der Waals surface area contributed by atoms with Gasteiger partial charge in [-0.2, -0.15) is 0 Å². The van der Waals surface area contributed by atoms with Crippen molar-refractivity contribution in [3.8, 4) is 0 Å². The molecule has 88 valence electrons. The van der Waals surface area contributed by atoms with E-state index >= 15 is 0 Å². The topological polar surface area (TPSA) is 111 Å². The lowest BCUT2D eigenvalue weighted by atomic mass is 10.1. The Morgan fingerprint density at radius 1 is 1.31 bits per heavy atom. The lowest BCUT2D eigenvalue weighted by Gasteiger charge is -2.00. The van der Waals surface area contributed by atoms with Crippen LogP contribution in [0.15, 0.2) is 6.33 Å². The Balaban J connectivity index is 2.04. The first-order chi connectivity index (χ1) is 7.68. The molecule has 0 bridgehead atoms. The van der Waals surface area contributed by atoms with Crippen LogP contribution in [0.2, 0.25) is 0 Å². The van der Waals surface area contributed by atoms with Gasteiger partial charge in [0.2, 0.25) is 0 Å². The molecule has 1 aromatic heterocycles. The first kappa shape index (κ1) is 12.3. The maximum atomic E-state index is 11.4. The van der Waals surface area contributed by atoms with Crippen LogP contribution in [0, 0.1) is 5.41 Å². The average molecular weight is 224 g/mol. The van der Waals surface area contributed by atoms with Crippen molar-refractivity contribution in [2.24, 2.45) is 5.73 Å². The number of carbonyl (C=O) groups is 1. The maximum absolute atomic E-state index is 11.4. The van der Waals surface area contributed by atoms with Crippen LogP contribution >= 0.6 is 0 Å². The van der Waals surface area contributed by atoms with Gasteiger partial charge >= 0.3 is 0 Å². The first-order valence-electron chi connectivity index (χ1n) is 5.24. The van der Waals surface area contributed by atoms with E-state index in [0.717, 1.165) is 6.42 Å². The van der Waals surface area contributed by atoms with E-state index in [1.54, 1.807) is 4.68 Å². The van der Waals surface area contributed by atoms with Gasteiger partial charge in [-0.05, 0) is 23.3 Å². The third kappa shape index (κ3) is 5.18. The SMILES string of the molecule is N=C(N)CCCC(=O)CCCn1cnnn1. The highest BCUT2D eigenvalue weighted by atomic mass is 16.1. The standard InChI is InChI=1S/C9H16N6O/c10-9(11)5-1-3-8(16)4-2-6-15-7-12-13-14-15/h7H,1-6H2,(H3,10,11). The highest BCUT2D eigenvalue weighted by molar-refractivity contribution is 5.80. The van der Waals surface area contributed by atoms with E-state index in [0.29, 0.717) is 32.2 Å². The molecule has 1 heterocycles. The third-order valence-electron chi connectivity index (χ3n) is 2.14. The Kier molecular flexibility index (Phi) is 5.10. The molecule has 0 saturated heterocycles. The molecular formula is C9H16N6O. The Morgan fingerprint density at radius 2 is 2.06 bits per heavy atom. The second kappa shape index (κ2) is 6.65. The van der Waals surface area contributed by atoms with Crippen molar-refractivity contribution in [1.29, 1.82) is 5.41 Å². The summed E-state index contributed by atoms with van der Waals surface area (Å²) in [6.07, 6.45) is 4.45. The number of tetrazole rings is 1. The van der Waals surface area contributed by atoms with E-state index in [1.165, 1.54) is 6.33 Å². The summed E-state index contributed by atoms with van der Waals surface area (Å²) in [6.45, 7) is 0.658. The molecule has 0 spiro atoms. The minimum Gasteiger partial charge on any atom is -0.388 e. The second-order valence-electron chi connectivity index (χ2n) is 3.59. The van der Waals surface area contributed by atoms with Crippen molar-refractivity contribution in [3.05, 3.63) is 6.33 Å². The fourth-order valence-electron chi connectivity index (χ4n) is 1.32. The quantitative estimate of drug-likeness (QED) is 0.481. The predicted molar refractivity (Wildman–Crippen MR) is 57.8 cm³/mol. The summed E-state index contributed by atoms with van der Waals surface area (Å²) < 4.78 is 1.60. The van der Waals surface area contributed by atoms with Crippen LogP contribution in [0.4, 0.5) is 0 Å². The highest BCUT2D eigenvalue weighted by Gasteiger charge is 2.03. The Labute approximate surface area is 93.5 Å². The summed E-state index contributed by atoms with van der Waals surface area (Å²) in [5, 5.41) is 17.7. The zero-order chi connectivity index (χ0) is 11.8. The van der Waals surface area contributed by atoms with Crippen molar-refractivity contribution in [2.75, 3.05) is 0 Å². The second-order valence-corrected chi connectivity index (χ2v) is 3.59. The van der Waals surface area contributed by atoms with Gasteiger partial charge in [0.1, 0.15) is 12.1 Å². The predicted octanol–water partition coefficient (Wildman–Crippen LogP) is 0.129. The number of nitrogens with zero attached hydrogens (tertiary/aromatic N) is 4. The number of aryl methyl sites for hydroxylation is 1. The summed E-state index contributed by atoms with van der Waals surface area (Å²) in [5.74, 6) is 0.343. The number of hydrogen-bond donors (Lipinski definition) is 2. The van der Waals surface area contributed by atoms with Gasteiger partial charge < -0.3 is 5.73 Å². The molecular weight excluding hydrogens is 208 g/mol. The van der Waals surface area contributed by atoms with Crippen LogP contribution in [0.25, 0.3) is 0 Å². The van der Waals surface area contributed by atoms with Crippen LogP contribution in [0.5, 0.6) is 0 Å². The third-order valence-corrected chi connectivity index (χ3v) is 2.14. The van der Waals surface area contributed by atoms with Crippen LogP contribution in [-0.2, 0) is 11.3 Å². The highest BCUT2D eigenvalue weighted by Crippen LogP contribution is 2.02. The average Bonchev–Trinajstić information content (AvgIpc) is 2.70. The van der Waals surface area contributed by atoms with Gasteiger partial charge in [0, 0.05) is 25.8 Å². The Hall–Kier alpha value is -1.79. The van der Waals surface area contributed by atoms with Gasteiger partial charge in [-0.1, -0.05) is 0 Å². The van der Waals surface area contributed by atoms with Gasteiger partial charge in [-0.15, -0.1) is 5.10 Å². The minimum atomic E-state index is 0.140. The molecule has 0 unspecified atom stereocenters. The molecule has 0 aliphatic heterocycles. The molecule has 0 fully saturated rings. The fourth-order valence-corrected chi connectivity index (χ4v) is 1.32. The number of nitrogens with one attached hydrogen (secondary N) is 1. The molecule has 7 nitrogen and oxygen atoms in total. The van der Waals surface area contributed by atoms with Gasteiger partial charge in [-0.25, -0.2) is 4.68 Å². The van der Waals surface area contributed by atoms with Gasteiger partial charge in [0.25, 0.3) is 0 Å². The molecule has 0 amide bonds. The van der Waals surface area contributed by atoms with E-state index in [4.69, 9.17) is 11.1 Å². The maximum Gasteiger partial charge on any atom is 0.138 e. The van der Waals surface area contributed by atoms with Crippen molar-refractivity contribution in [2.45, 2.75) is 38.6 Å². The van der Waals surface area contributed by atoms with Crippen LogP contribution < -0.4 is 5.73 Å². The van der Waals surface area contributed by atoms with Gasteiger partial charge in [0.05, 0.1) is 5.84 Å². The van der Waals surface area contributed by atoms with Crippen molar-refractivity contribution < 1.29 is 4.79 Å². The van der Waals surface area contributed by atoms with Gasteiger partial charge in [0.15, 0.2) is 0 Å². The number of nitrogens with two attached hydrogens (primary N) is 1. The van der Waals surface area contributed by atoms with E-state index in [1.807, 2.05) is 0 Å². The number of hydrogen-bond acceptors (Lipinski definition) is 5. The molecule has 0 aliphatic carbocycles. The summed E-state index contributed by atoms with van der Waals surface area (Å²) in [5.41, 5.74) is 5.19. The number of carbonyl (C=O) groups excluding carboxylic acids is 1. The van der Waals surface area contributed by atoms with Crippen molar-refractivity contribution >= 4 is 11.6 Å². The van der Waals surface area contributed by atoms with Crippen LogP contribution in [0.3, 0.4) is 0 Å². The van der Waals surface area contributed by atoms with Gasteiger partial charge in [-0.3, -0.25) is 10.2 Å². The summed E-state index contributed by atoms with van der Waals surface area (Å²) >= 11 is 0. The molecule has 1 rings (SSSR count). The van der Waals surface area contributed by atoms with E-state index in [-0.39, 0.29) is 11.6 Å². The summed E-state index contributed by atoms with van der Waals surface area (Å²) in [6, 6.07) is 0.